The third-order valence-electron chi connectivity index (χ3n) is 2.77. The highest BCUT2D eigenvalue weighted by Crippen LogP contribution is 2.01. The molecule has 0 heterocycles. The van der Waals surface area contributed by atoms with Gasteiger partial charge in [0.2, 0.25) is 0 Å². The van der Waals surface area contributed by atoms with Crippen molar-refractivity contribution in [3.8, 4) is 0 Å². The quantitative estimate of drug-likeness (QED) is 0.304. The standard InChI is InChI=1S/2C6H10O3.C5H8O2/c2*1-3-5(4(2)7)6(8)9;1-4(6)3-5(2)7/h2*5H,3H2,1-2H3,(H,8,9);3,6H,1-2H3/p-3/b;;4-3-. The first-order chi connectivity index (χ1) is 11.3. The van der Waals surface area contributed by atoms with E-state index in [1.54, 1.807) is 13.8 Å². The average molecular weight is 357 g/mol. The van der Waals surface area contributed by atoms with Crippen LogP contribution in [0.5, 0.6) is 0 Å². The zero-order chi connectivity index (χ0) is 20.7. The molecule has 0 saturated heterocycles. The van der Waals surface area contributed by atoms with Crippen molar-refractivity contribution in [1.29, 1.82) is 0 Å². The fraction of sp³-hybridized carbons (Fsp3) is 0.588. The van der Waals surface area contributed by atoms with Crippen molar-refractivity contribution in [2.75, 3.05) is 0 Å². The van der Waals surface area contributed by atoms with Gasteiger partial charge in [-0.05, 0) is 39.7 Å². The van der Waals surface area contributed by atoms with E-state index in [2.05, 4.69) is 0 Å². The van der Waals surface area contributed by atoms with E-state index in [1.807, 2.05) is 0 Å². The summed E-state index contributed by atoms with van der Waals surface area (Å²) in [6.45, 7) is 8.49. The highest BCUT2D eigenvalue weighted by atomic mass is 16.4. The van der Waals surface area contributed by atoms with Gasteiger partial charge in [-0.3, -0.25) is 14.4 Å². The van der Waals surface area contributed by atoms with Crippen molar-refractivity contribution >= 4 is 29.3 Å². The molecule has 0 aliphatic heterocycles. The van der Waals surface area contributed by atoms with Crippen molar-refractivity contribution in [3.63, 3.8) is 0 Å². The van der Waals surface area contributed by atoms with Crippen LogP contribution in [0.25, 0.3) is 0 Å². The van der Waals surface area contributed by atoms with Gasteiger partial charge in [-0.1, -0.05) is 20.8 Å². The lowest BCUT2D eigenvalue weighted by molar-refractivity contribution is -0.311. The molecule has 0 aliphatic carbocycles. The van der Waals surface area contributed by atoms with Gasteiger partial charge >= 0.3 is 0 Å². The summed E-state index contributed by atoms with van der Waals surface area (Å²) < 4.78 is 0. The maximum atomic E-state index is 10.4. The van der Waals surface area contributed by atoms with Crippen molar-refractivity contribution in [2.24, 2.45) is 11.8 Å². The second kappa shape index (κ2) is 15.0. The van der Waals surface area contributed by atoms with Crippen LogP contribution < -0.4 is 15.3 Å². The molecule has 2 atom stereocenters. The Balaban J connectivity index is -0.000000293. The van der Waals surface area contributed by atoms with Gasteiger partial charge in [-0.15, -0.1) is 5.76 Å². The lowest BCUT2D eigenvalue weighted by Crippen LogP contribution is -2.34. The number of allylic oxidation sites excluding steroid dienone is 2. The van der Waals surface area contributed by atoms with Crippen LogP contribution in [0.2, 0.25) is 0 Å². The fourth-order valence-electron chi connectivity index (χ4n) is 1.53. The Morgan fingerprint density at radius 2 is 1.00 bits per heavy atom. The van der Waals surface area contributed by atoms with Crippen molar-refractivity contribution < 1.29 is 39.3 Å². The molecule has 8 nitrogen and oxygen atoms in total. The molecule has 8 heteroatoms. The van der Waals surface area contributed by atoms with Crippen LogP contribution in [0, 0.1) is 11.8 Å². The zero-order valence-corrected chi connectivity index (χ0v) is 15.4. The number of hydrogen-bond acceptors (Lipinski definition) is 8. The van der Waals surface area contributed by atoms with Crippen LogP contribution in [0.15, 0.2) is 11.8 Å². The molecule has 0 N–H and O–H groups in total. The van der Waals surface area contributed by atoms with Gasteiger partial charge in [0.15, 0.2) is 5.78 Å². The summed E-state index contributed by atoms with van der Waals surface area (Å²) in [4.78, 5) is 50.8. The fourth-order valence-corrected chi connectivity index (χ4v) is 1.53. The molecule has 144 valence electrons. The Morgan fingerprint density at radius 1 is 0.720 bits per heavy atom. The largest absolute Gasteiger partial charge is 0.876 e. The molecule has 0 radical (unpaired) electrons. The molecule has 0 aromatic rings. The molecule has 0 fully saturated rings. The highest BCUT2D eigenvalue weighted by molar-refractivity contribution is 5.96. The predicted octanol–water partition coefficient (Wildman–Crippen LogP) is -1.46. The molecule has 0 saturated carbocycles. The first-order valence-electron chi connectivity index (χ1n) is 7.60. The van der Waals surface area contributed by atoms with Crippen molar-refractivity contribution in [1.82, 2.24) is 0 Å². The van der Waals surface area contributed by atoms with E-state index < -0.39 is 23.8 Å². The highest BCUT2D eigenvalue weighted by Gasteiger charge is 2.11. The second-order valence-electron chi connectivity index (χ2n) is 5.15. The molecular formula is C17H25O8-3. The maximum absolute atomic E-state index is 10.4. The number of hydrogen-bond donors (Lipinski definition) is 0. The maximum Gasteiger partial charge on any atom is 0.151 e. The number of carboxylic acids is 2. The Hall–Kier alpha value is -2.51. The Kier molecular flexibility index (Phi) is 16.5. The third-order valence-corrected chi connectivity index (χ3v) is 2.77. The lowest BCUT2D eigenvalue weighted by Gasteiger charge is -2.10. The summed E-state index contributed by atoms with van der Waals surface area (Å²) in [6.07, 6.45) is 1.69. The molecule has 0 bridgehead atoms. The second-order valence-corrected chi connectivity index (χ2v) is 5.15. The van der Waals surface area contributed by atoms with E-state index >= 15 is 0 Å². The van der Waals surface area contributed by atoms with Crippen LogP contribution in [0.3, 0.4) is 0 Å². The molecule has 25 heavy (non-hydrogen) atoms. The van der Waals surface area contributed by atoms with Gasteiger partial charge in [0.1, 0.15) is 11.6 Å². The summed E-state index contributed by atoms with van der Waals surface area (Å²) in [5, 5.41) is 30.1. The number of rotatable bonds is 7. The Bertz CT molecular complexity index is 441. The zero-order valence-electron chi connectivity index (χ0n) is 15.4. The molecule has 0 rings (SSSR count). The first-order valence-corrected chi connectivity index (χ1v) is 7.60. The number of carbonyl (C=O) groups excluding carboxylic acids is 5. The van der Waals surface area contributed by atoms with Gasteiger partial charge in [-0.2, -0.15) is 0 Å². The van der Waals surface area contributed by atoms with E-state index in [4.69, 9.17) is 0 Å². The van der Waals surface area contributed by atoms with Crippen molar-refractivity contribution in [2.45, 2.75) is 54.4 Å². The van der Waals surface area contributed by atoms with Gasteiger partial charge in [0, 0.05) is 0 Å². The minimum atomic E-state index is -1.27. The number of Topliss-reactive ketones (excluding diaryl/α,β-unsaturated/α-hetero) is 2. The van der Waals surface area contributed by atoms with Crippen LogP contribution in [0.1, 0.15) is 54.4 Å². The minimum absolute atomic E-state index is 0.187. The van der Waals surface area contributed by atoms with E-state index in [0.29, 0.717) is 12.8 Å². The smallest absolute Gasteiger partial charge is 0.151 e. The minimum Gasteiger partial charge on any atom is -0.876 e. The topological polar surface area (TPSA) is 155 Å². The predicted molar refractivity (Wildman–Crippen MR) is 83.4 cm³/mol. The van der Waals surface area contributed by atoms with Crippen LogP contribution in [0.4, 0.5) is 0 Å². The number of carboxylic acid groups (broad SMARTS) is 2. The average Bonchev–Trinajstić information content (AvgIpc) is 2.37. The normalized spacial score (nSPS) is 12.3. The third kappa shape index (κ3) is 17.7. The van der Waals surface area contributed by atoms with Crippen LogP contribution in [-0.2, 0) is 24.0 Å². The van der Waals surface area contributed by atoms with E-state index in [9.17, 15) is 39.3 Å². The summed E-state index contributed by atoms with van der Waals surface area (Å²) >= 11 is 0. The monoisotopic (exact) mass is 357 g/mol. The molecule has 2 unspecified atom stereocenters. The summed E-state index contributed by atoms with van der Waals surface area (Å²) in [6, 6.07) is 0. The number of ketones is 3. The molecule has 0 amide bonds. The van der Waals surface area contributed by atoms with Crippen LogP contribution in [-0.4, -0.2) is 29.3 Å². The molecular weight excluding hydrogens is 332 g/mol. The molecule has 0 aliphatic rings. The van der Waals surface area contributed by atoms with Crippen LogP contribution >= 0.6 is 0 Å². The Morgan fingerprint density at radius 3 is 1.00 bits per heavy atom. The Labute approximate surface area is 147 Å². The lowest BCUT2D eigenvalue weighted by atomic mass is 10.0. The van der Waals surface area contributed by atoms with Gasteiger partial charge in [0.05, 0.1) is 23.8 Å². The van der Waals surface area contributed by atoms with Gasteiger partial charge in [0.25, 0.3) is 0 Å². The molecule has 0 aromatic heterocycles. The number of carbonyl (C=O) groups is 5. The van der Waals surface area contributed by atoms with Gasteiger partial charge < -0.3 is 24.9 Å². The molecule has 0 spiro atoms. The molecule has 0 aromatic carbocycles. The van der Waals surface area contributed by atoms with Crippen molar-refractivity contribution in [3.05, 3.63) is 11.8 Å². The summed E-state index contributed by atoms with van der Waals surface area (Å²) in [5.41, 5.74) is 0. The summed E-state index contributed by atoms with van der Waals surface area (Å²) in [7, 11) is 0. The van der Waals surface area contributed by atoms with E-state index in [1.165, 1.54) is 27.7 Å². The van der Waals surface area contributed by atoms with E-state index in [-0.39, 0.29) is 23.1 Å². The number of aliphatic carboxylic acids is 2. The van der Waals surface area contributed by atoms with Gasteiger partial charge in [-0.25, -0.2) is 0 Å². The first kappa shape index (κ1) is 27.3. The van der Waals surface area contributed by atoms with E-state index in [0.717, 1.165) is 6.08 Å². The SMILES string of the molecule is CC(=O)/C=C(/C)[O-].CCC(C(C)=O)C(=O)[O-].CCC(C(C)=O)C(=O)[O-]. The summed E-state index contributed by atoms with van der Waals surface area (Å²) in [5.74, 6) is -5.42.